The number of likely N-dealkylation sites (N-methyl/N-ethyl adjacent to an activating group) is 1. The summed E-state index contributed by atoms with van der Waals surface area (Å²) >= 11 is 0. The van der Waals surface area contributed by atoms with Crippen molar-refractivity contribution in [2.75, 3.05) is 33.7 Å². The van der Waals surface area contributed by atoms with Gasteiger partial charge >= 0.3 is 58.4 Å². The Hall–Kier alpha value is 1.15. The number of halogens is 3. The quantitative estimate of drug-likeness (QED) is 0.591. The number of rotatable bonds is 5. The molecule has 1 heterocycles. The van der Waals surface area contributed by atoms with Crippen LogP contribution >= 0.6 is 0 Å². The van der Waals surface area contributed by atoms with Crippen molar-refractivity contribution >= 4 is 6.98 Å². The molecule has 7 heteroatoms. The molecule has 0 aromatic heterocycles. The molecule has 1 fully saturated rings. The van der Waals surface area contributed by atoms with Gasteiger partial charge in [-0.05, 0) is 40.0 Å². The second kappa shape index (κ2) is 7.67. The van der Waals surface area contributed by atoms with E-state index in [1.165, 1.54) is 0 Å². The van der Waals surface area contributed by atoms with Crippen molar-refractivity contribution in [1.82, 2.24) is 9.80 Å². The molecular weight excluding hydrogens is 255 g/mol. The fraction of sp³-hybridized carbons (Fsp3) is 0.800. The molecule has 1 unspecified atom stereocenters. The Labute approximate surface area is 144 Å². The first-order valence-corrected chi connectivity index (χ1v) is 5.57. The van der Waals surface area contributed by atoms with Gasteiger partial charge in [0.05, 0.1) is 0 Å². The van der Waals surface area contributed by atoms with Gasteiger partial charge in [0.1, 0.15) is 0 Å². The van der Waals surface area contributed by atoms with Gasteiger partial charge in [-0.2, -0.15) is 0 Å². The minimum absolute atomic E-state index is 0. The molecule has 0 bridgehead atoms. The van der Waals surface area contributed by atoms with Gasteiger partial charge < -0.3 is 17.8 Å². The van der Waals surface area contributed by atoms with Crippen molar-refractivity contribution in [3.8, 4) is 0 Å². The summed E-state index contributed by atoms with van der Waals surface area (Å²) < 4.78 is 37.3. The molecule has 0 saturated carbocycles. The maximum absolute atomic E-state index is 12.4. The van der Waals surface area contributed by atoms with Crippen molar-refractivity contribution in [2.45, 2.75) is 18.9 Å². The predicted octanol–water partition coefficient (Wildman–Crippen LogP) is -1.04. The third kappa shape index (κ3) is 6.22. The number of nitrogens with zero attached hydrogens (tertiary/aromatic N) is 2. The summed E-state index contributed by atoms with van der Waals surface area (Å²) in [6.07, 6.45) is 1.97. The van der Waals surface area contributed by atoms with Crippen LogP contribution in [0.5, 0.6) is 0 Å². The Morgan fingerprint density at radius 3 is 2.47 bits per heavy atom. The first-order valence-electron chi connectivity index (χ1n) is 5.57. The van der Waals surface area contributed by atoms with Crippen LogP contribution in [0.3, 0.4) is 0 Å². The van der Waals surface area contributed by atoms with Crippen LogP contribution in [-0.2, 0) is 0 Å². The molecular formula is C10H19BF3KN2. The van der Waals surface area contributed by atoms with Gasteiger partial charge in [-0.3, -0.25) is 4.90 Å². The van der Waals surface area contributed by atoms with E-state index < -0.39 is 12.4 Å². The van der Waals surface area contributed by atoms with Gasteiger partial charge in [-0.25, -0.2) is 0 Å². The summed E-state index contributed by atoms with van der Waals surface area (Å²) in [5, 5.41) is 0. The van der Waals surface area contributed by atoms with Gasteiger partial charge in [-0.15, -0.1) is 12.1 Å². The molecule has 0 radical (unpaired) electrons. The normalized spacial score (nSPS) is 21.6. The molecule has 1 saturated heterocycles. The summed E-state index contributed by atoms with van der Waals surface area (Å²) in [5.74, 6) is 0. The van der Waals surface area contributed by atoms with Crippen LogP contribution in [0.2, 0.25) is 0 Å². The third-order valence-corrected chi connectivity index (χ3v) is 2.94. The summed E-state index contributed by atoms with van der Waals surface area (Å²) in [6, 6.07) is 0.241. The summed E-state index contributed by atoms with van der Waals surface area (Å²) in [6.45, 7) is -0.188. The Kier molecular flexibility index (Phi) is 8.19. The van der Waals surface area contributed by atoms with Crippen LogP contribution in [0.15, 0.2) is 12.1 Å². The third-order valence-electron chi connectivity index (χ3n) is 2.94. The van der Waals surface area contributed by atoms with Crippen molar-refractivity contribution in [3.05, 3.63) is 12.1 Å². The van der Waals surface area contributed by atoms with Crippen molar-refractivity contribution in [1.29, 1.82) is 0 Å². The topological polar surface area (TPSA) is 6.48 Å². The molecule has 0 aliphatic carbocycles. The van der Waals surface area contributed by atoms with E-state index in [2.05, 4.69) is 6.58 Å². The molecule has 0 aromatic rings. The van der Waals surface area contributed by atoms with E-state index in [-0.39, 0.29) is 64.0 Å². The Morgan fingerprint density at radius 2 is 2.00 bits per heavy atom. The zero-order valence-electron chi connectivity index (χ0n) is 10.9. The largest absolute Gasteiger partial charge is 1.00 e. The summed E-state index contributed by atoms with van der Waals surface area (Å²) in [5.41, 5.74) is -0.578. The predicted molar refractivity (Wildman–Crippen MR) is 61.4 cm³/mol. The van der Waals surface area contributed by atoms with Gasteiger partial charge in [-0.1, -0.05) is 0 Å². The van der Waals surface area contributed by atoms with E-state index in [9.17, 15) is 12.9 Å². The SMILES string of the molecule is C=C(CN1CCCC1CN(C)C)[B-](F)(F)F.[K+]. The van der Waals surface area contributed by atoms with Gasteiger partial charge in [0, 0.05) is 12.6 Å². The summed E-state index contributed by atoms with van der Waals surface area (Å²) in [4.78, 5) is 3.92. The maximum atomic E-state index is 12.4. The Bertz CT molecular complexity index is 258. The van der Waals surface area contributed by atoms with Crippen LogP contribution in [0, 0.1) is 0 Å². The molecule has 17 heavy (non-hydrogen) atoms. The van der Waals surface area contributed by atoms with Gasteiger partial charge in [0.15, 0.2) is 0 Å². The molecule has 1 aliphatic rings. The van der Waals surface area contributed by atoms with E-state index in [1.807, 2.05) is 23.9 Å². The average molecular weight is 274 g/mol. The minimum Gasteiger partial charge on any atom is -0.445 e. The van der Waals surface area contributed by atoms with E-state index in [0.29, 0.717) is 0 Å². The molecule has 94 valence electrons. The second-order valence-corrected chi connectivity index (χ2v) is 4.76. The molecule has 1 rings (SSSR count). The van der Waals surface area contributed by atoms with Crippen LogP contribution < -0.4 is 51.4 Å². The average Bonchev–Trinajstić information content (AvgIpc) is 2.50. The standard InChI is InChI=1S/C10H19BF3N2.K/c1-9(11(12,13)14)7-16-6-4-5-10(16)8-15(2)3;/h10H,1,4-8H2,2-3H3;/q-1;+1. The molecule has 0 spiro atoms. The van der Waals surface area contributed by atoms with Crippen molar-refractivity contribution in [3.63, 3.8) is 0 Å². The number of hydrogen-bond acceptors (Lipinski definition) is 2. The molecule has 1 atom stereocenters. The Morgan fingerprint density at radius 1 is 1.41 bits per heavy atom. The van der Waals surface area contributed by atoms with Crippen LogP contribution in [0.4, 0.5) is 12.9 Å². The Balaban J connectivity index is 0.00000256. The van der Waals surface area contributed by atoms with Crippen molar-refractivity contribution < 1.29 is 64.3 Å². The van der Waals surface area contributed by atoms with E-state index >= 15 is 0 Å². The van der Waals surface area contributed by atoms with Gasteiger partial charge in [0.2, 0.25) is 0 Å². The van der Waals surface area contributed by atoms with Crippen LogP contribution in [-0.4, -0.2) is 56.5 Å². The van der Waals surface area contributed by atoms with Crippen LogP contribution in [0.25, 0.3) is 0 Å². The molecule has 1 aliphatic heterocycles. The molecule has 0 amide bonds. The smallest absolute Gasteiger partial charge is 0.445 e. The molecule has 2 nitrogen and oxygen atoms in total. The van der Waals surface area contributed by atoms with Gasteiger partial charge in [0.25, 0.3) is 0 Å². The zero-order chi connectivity index (χ0) is 12.3. The van der Waals surface area contributed by atoms with E-state index in [1.54, 1.807) is 0 Å². The maximum Gasteiger partial charge on any atom is 1.00 e. The minimum atomic E-state index is -4.88. The molecule has 0 aromatic carbocycles. The fourth-order valence-corrected chi connectivity index (χ4v) is 2.10. The zero-order valence-corrected chi connectivity index (χ0v) is 14.0. The van der Waals surface area contributed by atoms with E-state index in [4.69, 9.17) is 0 Å². The number of likely N-dealkylation sites (tertiary alicyclic amines) is 1. The van der Waals surface area contributed by atoms with Crippen LogP contribution in [0.1, 0.15) is 12.8 Å². The van der Waals surface area contributed by atoms with Crippen molar-refractivity contribution in [2.24, 2.45) is 0 Å². The second-order valence-electron chi connectivity index (χ2n) is 4.76. The summed E-state index contributed by atoms with van der Waals surface area (Å²) in [7, 11) is 3.89. The number of hydrogen-bond donors (Lipinski definition) is 0. The first kappa shape index (κ1) is 18.2. The fourth-order valence-electron chi connectivity index (χ4n) is 2.10. The monoisotopic (exact) mass is 274 g/mol. The first-order chi connectivity index (χ1) is 7.30. The molecule has 0 N–H and O–H groups in total. The van der Waals surface area contributed by atoms with E-state index in [0.717, 1.165) is 25.9 Å².